The molecule has 0 saturated heterocycles. The summed E-state index contributed by atoms with van der Waals surface area (Å²) in [6.07, 6.45) is 1.46. The summed E-state index contributed by atoms with van der Waals surface area (Å²) in [5.74, 6) is -0.587. The van der Waals surface area contributed by atoms with Gasteiger partial charge in [-0.15, -0.1) is 11.3 Å². The predicted molar refractivity (Wildman–Crippen MR) is 65.9 cm³/mol. The zero-order valence-corrected chi connectivity index (χ0v) is 10.9. The molecular formula is C10H9FN2O3S2. The molecule has 8 heteroatoms. The summed E-state index contributed by atoms with van der Waals surface area (Å²) in [7, 11) is -2.60. The summed E-state index contributed by atoms with van der Waals surface area (Å²) in [6, 6.07) is 3.28. The minimum absolute atomic E-state index is 0.0699. The lowest BCUT2D eigenvalue weighted by Gasteiger charge is -2.09. The molecule has 0 saturated carbocycles. The average Bonchev–Trinajstić information content (AvgIpc) is 2.81. The molecule has 0 spiro atoms. The summed E-state index contributed by atoms with van der Waals surface area (Å²) in [5.41, 5.74) is 0. The lowest BCUT2D eigenvalue weighted by Crippen LogP contribution is -2.14. The topological polar surface area (TPSA) is 68.3 Å². The molecule has 2 aromatic rings. The van der Waals surface area contributed by atoms with Crippen molar-refractivity contribution in [2.24, 2.45) is 0 Å². The van der Waals surface area contributed by atoms with E-state index in [2.05, 4.69) is 9.71 Å². The zero-order valence-electron chi connectivity index (χ0n) is 9.25. The van der Waals surface area contributed by atoms with Gasteiger partial charge in [-0.2, -0.15) is 0 Å². The Bertz CT molecular complexity index is 641. The number of rotatable bonds is 4. The molecule has 5 nitrogen and oxygen atoms in total. The first kappa shape index (κ1) is 12.8. The minimum Gasteiger partial charge on any atom is -0.495 e. The van der Waals surface area contributed by atoms with Crippen LogP contribution in [-0.4, -0.2) is 20.5 Å². The van der Waals surface area contributed by atoms with Gasteiger partial charge in [0.15, 0.2) is 5.13 Å². The Labute approximate surface area is 107 Å². The second-order valence-electron chi connectivity index (χ2n) is 3.24. The van der Waals surface area contributed by atoms with Crippen LogP contribution in [0.2, 0.25) is 0 Å². The van der Waals surface area contributed by atoms with Crippen molar-refractivity contribution in [2.75, 3.05) is 11.8 Å². The van der Waals surface area contributed by atoms with Gasteiger partial charge in [-0.05, 0) is 18.2 Å². The summed E-state index contributed by atoms with van der Waals surface area (Å²) in [4.78, 5) is 3.53. The fourth-order valence-corrected chi connectivity index (χ4v) is 3.27. The number of sulfonamides is 1. The highest BCUT2D eigenvalue weighted by molar-refractivity contribution is 7.93. The number of hydrogen-bond donors (Lipinski definition) is 1. The first-order chi connectivity index (χ1) is 8.53. The fourth-order valence-electron chi connectivity index (χ4n) is 1.30. The lowest BCUT2D eigenvalue weighted by atomic mass is 10.3. The van der Waals surface area contributed by atoms with Crippen LogP contribution < -0.4 is 9.46 Å². The van der Waals surface area contributed by atoms with Gasteiger partial charge < -0.3 is 4.74 Å². The number of aromatic nitrogens is 1. The maximum atomic E-state index is 13.1. The number of hydrogen-bond acceptors (Lipinski definition) is 5. The van der Waals surface area contributed by atoms with Crippen molar-refractivity contribution >= 4 is 26.5 Å². The molecule has 18 heavy (non-hydrogen) atoms. The van der Waals surface area contributed by atoms with Crippen molar-refractivity contribution in [3.05, 3.63) is 35.6 Å². The van der Waals surface area contributed by atoms with Crippen LogP contribution in [0.25, 0.3) is 0 Å². The van der Waals surface area contributed by atoms with E-state index in [4.69, 9.17) is 4.74 Å². The molecule has 96 valence electrons. The van der Waals surface area contributed by atoms with Gasteiger partial charge >= 0.3 is 0 Å². The first-order valence-electron chi connectivity index (χ1n) is 4.79. The van der Waals surface area contributed by atoms with Crippen molar-refractivity contribution in [2.45, 2.75) is 4.90 Å². The molecule has 0 amide bonds. The van der Waals surface area contributed by atoms with Crippen molar-refractivity contribution in [3.8, 4) is 5.75 Å². The molecule has 1 heterocycles. The van der Waals surface area contributed by atoms with Crippen molar-refractivity contribution in [3.63, 3.8) is 0 Å². The standard InChI is InChI=1S/C10H9FN2O3S2/c1-16-8-3-2-7(11)6-9(8)18(14,15)13-10-12-4-5-17-10/h2-6H,1H3,(H,12,13). The highest BCUT2D eigenvalue weighted by Gasteiger charge is 2.21. The van der Waals surface area contributed by atoms with E-state index in [0.717, 1.165) is 23.5 Å². The monoisotopic (exact) mass is 288 g/mol. The van der Waals surface area contributed by atoms with E-state index in [1.807, 2.05) is 0 Å². The Kier molecular flexibility index (Phi) is 3.48. The summed E-state index contributed by atoms with van der Waals surface area (Å²) in [6.45, 7) is 0. The van der Waals surface area contributed by atoms with Crippen LogP contribution in [0.4, 0.5) is 9.52 Å². The van der Waals surface area contributed by atoms with Crippen LogP contribution in [0.5, 0.6) is 5.75 Å². The number of methoxy groups -OCH3 is 1. The van der Waals surface area contributed by atoms with Crippen LogP contribution in [0.3, 0.4) is 0 Å². The highest BCUT2D eigenvalue weighted by atomic mass is 32.2. The SMILES string of the molecule is COc1ccc(F)cc1S(=O)(=O)Nc1nccs1. The van der Waals surface area contributed by atoms with Crippen LogP contribution in [0.15, 0.2) is 34.7 Å². The van der Waals surface area contributed by atoms with Crippen LogP contribution in [-0.2, 0) is 10.0 Å². The van der Waals surface area contributed by atoms with Gasteiger partial charge in [-0.3, -0.25) is 4.72 Å². The highest BCUT2D eigenvalue weighted by Crippen LogP contribution is 2.26. The normalized spacial score (nSPS) is 11.2. The molecule has 0 radical (unpaired) electrons. The molecule has 0 aliphatic carbocycles. The van der Waals surface area contributed by atoms with E-state index >= 15 is 0 Å². The number of nitrogens with one attached hydrogen (secondary N) is 1. The third-order valence-corrected chi connectivity index (χ3v) is 4.25. The second kappa shape index (κ2) is 4.91. The third kappa shape index (κ3) is 2.59. The summed E-state index contributed by atoms with van der Waals surface area (Å²) < 4.78 is 44.4. The van der Waals surface area contributed by atoms with E-state index in [9.17, 15) is 12.8 Å². The molecule has 1 aromatic carbocycles. The number of halogens is 1. The molecule has 0 aliphatic rings. The third-order valence-electron chi connectivity index (χ3n) is 2.07. The van der Waals surface area contributed by atoms with E-state index in [1.165, 1.54) is 19.4 Å². The average molecular weight is 288 g/mol. The fraction of sp³-hybridized carbons (Fsp3) is 0.100. The first-order valence-corrected chi connectivity index (χ1v) is 7.15. The molecule has 0 bridgehead atoms. The molecule has 1 N–H and O–H groups in total. The Morgan fingerprint density at radius 1 is 1.44 bits per heavy atom. The number of benzene rings is 1. The molecule has 2 rings (SSSR count). The van der Waals surface area contributed by atoms with Gasteiger partial charge in [-0.1, -0.05) is 0 Å². The zero-order chi connectivity index (χ0) is 13.2. The van der Waals surface area contributed by atoms with E-state index in [0.29, 0.717) is 0 Å². The Morgan fingerprint density at radius 3 is 2.83 bits per heavy atom. The van der Waals surface area contributed by atoms with Crippen molar-refractivity contribution < 1.29 is 17.5 Å². The molecule has 0 unspecified atom stereocenters. The van der Waals surface area contributed by atoms with Crippen LogP contribution >= 0.6 is 11.3 Å². The summed E-state index contributed by atoms with van der Waals surface area (Å²) >= 11 is 1.13. The van der Waals surface area contributed by atoms with Gasteiger partial charge in [0, 0.05) is 11.6 Å². The summed E-state index contributed by atoms with van der Waals surface area (Å²) in [5, 5.41) is 1.84. The maximum Gasteiger partial charge on any atom is 0.267 e. The molecular weight excluding hydrogens is 279 g/mol. The van der Waals surface area contributed by atoms with Gasteiger partial charge in [0.25, 0.3) is 10.0 Å². The smallest absolute Gasteiger partial charge is 0.267 e. The second-order valence-corrected chi connectivity index (χ2v) is 5.78. The van der Waals surface area contributed by atoms with Gasteiger partial charge in [0.2, 0.25) is 0 Å². The van der Waals surface area contributed by atoms with Gasteiger partial charge in [-0.25, -0.2) is 17.8 Å². The number of ether oxygens (including phenoxy) is 1. The van der Waals surface area contributed by atoms with Gasteiger partial charge in [0.1, 0.15) is 16.5 Å². The molecule has 0 fully saturated rings. The van der Waals surface area contributed by atoms with E-state index < -0.39 is 15.8 Å². The van der Waals surface area contributed by atoms with Crippen molar-refractivity contribution in [1.29, 1.82) is 0 Å². The van der Waals surface area contributed by atoms with Crippen LogP contribution in [0.1, 0.15) is 0 Å². The lowest BCUT2D eigenvalue weighted by molar-refractivity contribution is 0.401. The minimum atomic E-state index is -3.92. The molecule has 1 aromatic heterocycles. The Hall–Kier alpha value is -1.67. The molecule has 0 atom stereocenters. The van der Waals surface area contributed by atoms with Crippen LogP contribution in [0, 0.1) is 5.82 Å². The predicted octanol–water partition coefficient (Wildman–Crippen LogP) is 2.09. The van der Waals surface area contributed by atoms with Crippen molar-refractivity contribution in [1.82, 2.24) is 4.98 Å². The largest absolute Gasteiger partial charge is 0.495 e. The Morgan fingerprint density at radius 2 is 2.22 bits per heavy atom. The molecule has 0 aliphatic heterocycles. The number of anilines is 1. The number of nitrogens with zero attached hydrogens (tertiary/aromatic N) is 1. The number of thiazole rings is 1. The quantitative estimate of drug-likeness (QED) is 0.935. The van der Waals surface area contributed by atoms with E-state index in [-0.39, 0.29) is 15.8 Å². The van der Waals surface area contributed by atoms with Gasteiger partial charge in [0.05, 0.1) is 7.11 Å². The Balaban J connectivity index is 2.43. The maximum absolute atomic E-state index is 13.1. The van der Waals surface area contributed by atoms with E-state index in [1.54, 1.807) is 5.38 Å².